The number of hydrogen-bond donors (Lipinski definition) is 1. The predicted octanol–water partition coefficient (Wildman–Crippen LogP) is 2.42. The standard InChI is InChI=1S/C13H9N3O2S/c14-18-13-12(11-6-5-8(7-17)19-11)15-9-3-1-2-4-10(9)16-13/h1-7H,14H2. The number of thiophene rings is 1. The number of rotatable bonds is 3. The first-order valence-electron chi connectivity index (χ1n) is 5.50. The smallest absolute Gasteiger partial charge is 0.265 e. The van der Waals surface area contributed by atoms with Gasteiger partial charge in [0.05, 0.1) is 20.8 Å². The topological polar surface area (TPSA) is 78.1 Å². The van der Waals surface area contributed by atoms with Gasteiger partial charge in [-0.15, -0.1) is 11.3 Å². The number of aldehydes is 1. The maximum Gasteiger partial charge on any atom is 0.265 e. The van der Waals surface area contributed by atoms with Crippen LogP contribution in [-0.2, 0) is 0 Å². The molecule has 2 heterocycles. The van der Waals surface area contributed by atoms with Gasteiger partial charge in [-0.1, -0.05) is 12.1 Å². The average molecular weight is 271 g/mol. The Kier molecular flexibility index (Phi) is 2.94. The van der Waals surface area contributed by atoms with E-state index in [-0.39, 0.29) is 5.88 Å². The molecule has 0 radical (unpaired) electrons. The van der Waals surface area contributed by atoms with E-state index in [4.69, 9.17) is 10.7 Å². The summed E-state index contributed by atoms with van der Waals surface area (Å²) in [7, 11) is 0. The highest BCUT2D eigenvalue weighted by Gasteiger charge is 2.14. The Morgan fingerprint density at radius 3 is 2.47 bits per heavy atom. The summed E-state index contributed by atoms with van der Waals surface area (Å²) in [4.78, 5) is 25.7. The Hall–Kier alpha value is -2.31. The van der Waals surface area contributed by atoms with Crippen LogP contribution in [0.2, 0.25) is 0 Å². The number of nitrogens with two attached hydrogens (primary N) is 1. The first-order valence-corrected chi connectivity index (χ1v) is 6.32. The van der Waals surface area contributed by atoms with Crippen molar-refractivity contribution in [3.8, 4) is 16.5 Å². The molecule has 6 heteroatoms. The van der Waals surface area contributed by atoms with E-state index in [9.17, 15) is 4.79 Å². The van der Waals surface area contributed by atoms with Gasteiger partial charge in [0.1, 0.15) is 5.69 Å². The number of hydrogen-bond acceptors (Lipinski definition) is 6. The second kappa shape index (κ2) is 4.75. The van der Waals surface area contributed by atoms with E-state index < -0.39 is 0 Å². The number of fused-ring (bicyclic) bond motifs is 1. The summed E-state index contributed by atoms with van der Waals surface area (Å²) < 4.78 is 0. The Labute approximate surface area is 112 Å². The average Bonchev–Trinajstić information content (AvgIpc) is 2.94. The fraction of sp³-hybridized carbons (Fsp3) is 0. The quantitative estimate of drug-likeness (QED) is 0.584. The van der Waals surface area contributed by atoms with Crippen LogP contribution >= 0.6 is 11.3 Å². The van der Waals surface area contributed by atoms with E-state index in [1.54, 1.807) is 12.1 Å². The van der Waals surface area contributed by atoms with Crippen molar-refractivity contribution in [2.24, 2.45) is 5.90 Å². The Morgan fingerprint density at radius 2 is 1.84 bits per heavy atom. The van der Waals surface area contributed by atoms with Crippen molar-refractivity contribution in [3.63, 3.8) is 0 Å². The number of para-hydroxylation sites is 2. The molecule has 0 fully saturated rings. The van der Waals surface area contributed by atoms with Crippen LogP contribution in [0.1, 0.15) is 9.67 Å². The van der Waals surface area contributed by atoms with Crippen LogP contribution in [0.3, 0.4) is 0 Å². The Balaban J connectivity index is 2.23. The molecule has 0 amide bonds. The third kappa shape index (κ3) is 2.07. The largest absolute Gasteiger partial charge is 0.389 e. The minimum absolute atomic E-state index is 0.248. The Bertz CT molecular complexity index is 754. The van der Waals surface area contributed by atoms with Crippen molar-refractivity contribution in [3.05, 3.63) is 41.3 Å². The van der Waals surface area contributed by atoms with Crippen molar-refractivity contribution in [1.82, 2.24) is 9.97 Å². The highest BCUT2D eigenvalue weighted by atomic mass is 32.1. The maximum atomic E-state index is 10.7. The zero-order valence-electron chi connectivity index (χ0n) is 9.74. The summed E-state index contributed by atoms with van der Waals surface area (Å²) in [5.74, 6) is 5.50. The lowest BCUT2D eigenvalue weighted by atomic mass is 10.2. The normalized spacial score (nSPS) is 10.6. The van der Waals surface area contributed by atoms with Crippen LogP contribution in [0.4, 0.5) is 0 Å². The van der Waals surface area contributed by atoms with E-state index in [0.717, 1.165) is 16.7 Å². The van der Waals surface area contributed by atoms with E-state index in [1.165, 1.54) is 11.3 Å². The van der Waals surface area contributed by atoms with E-state index in [0.29, 0.717) is 16.1 Å². The van der Waals surface area contributed by atoms with Gasteiger partial charge in [0.15, 0.2) is 6.29 Å². The van der Waals surface area contributed by atoms with Gasteiger partial charge in [-0.25, -0.2) is 9.97 Å². The molecule has 0 saturated carbocycles. The number of benzene rings is 1. The number of aromatic nitrogens is 2. The molecule has 0 atom stereocenters. The third-order valence-electron chi connectivity index (χ3n) is 2.63. The summed E-state index contributed by atoms with van der Waals surface area (Å²) in [6.07, 6.45) is 0.797. The third-order valence-corrected chi connectivity index (χ3v) is 3.64. The fourth-order valence-corrected chi connectivity index (χ4v) is 2.57. The molecular weight excluding hydrogens is 262 g/mol. The molecule has 0 saturated heterocycles. The lowest BCUT2D eigenvalue weighted by Crippen LogP contribution is -2.06. The molecule has 0 aliphatic heterocycles. The highest BCUT2D eigenvalue weighted by Crippen LogP contribution is 2.32. The molecule has 0 aliphatic carbocycles. The van der Waals surface area contributed by atoms with Crippen LogP contribution in [-0.4, -0.2) is 16.3 Å². The van der Waals surface area contributed by atoms with Gasteiger partial charge in [0, 0.05) is 0 Å². The first-order chi connectivity index (χ1) is 9.31. The van der Waals surface area contributed by atoms with Crippen molar-refractivity contribution in [2.75, 3.05) is 0 Å². The summed E-state index contributed by atoms with van der Waals surface area (Å²) in [5, 5.41) is 0. The van der Waals surface area contributed by atoms with Crippen molar-refractivity contribution >= 4 is 28.7 Å². The molecule has 1 aromatic carbocycles. The minimum atomic E-state index is 0.248. The highest BCUT2D eigenvalue weighted by molar-refractivity contribution is 7.17. The van der Waals surface area contributed by atoms with Crippen molar-refractivity contribution in [1.29, 1.82) is 0 Å². The molecule has 3 rings (SSSR count). The second-order valence-electron chi connectivity index (χ2n) is 3.80. The first kappa shape index (κ1) is 11.8. The van der Waals surface area contributed by atoms with Gasteiger partial charge in [0.25, 0.3) is 5.88 Å². The van der Waals surface area contributed by atoms with Gasteiger partial charge in [-0.2, -0.15) is 5.90 Å². The van der Waals surface area contributed by atoms with E-state index in [2.05, 4.69) is 9.97 Å². The molecule has 0 aliphatic rings. The van der Waals surface area contributed by atoms with Gasteiger partial charge in [-0.3, -0.25) is 4.79 Å². The molecule has 2 N–H and O–H groups in total. The molecule has 2 aromatic heterocycles. The second-order valence-corrected chi connectivity index (χ2v) is 4.92. The maximum absolute atomic E-state index is 10.7. The van der Waals surface area contributed by atoms with Gasteiger partial charge in [0.2, 0.25) is 0 Å². The summed E-state index contributed by atoms with van der Waals surface area (Å²) in [6.45, 7) is 0. The molecule has 5 nitrogen and oxygen atoms in total. The van der Waals surface area contributed by atoms with Gasteiger partial charge < -0.3 is 4.84 Å². The van der Waals surface area contributed by atoms with Crippen LogP contribution in [0.15, 0.2) is 36.4 Å². The van der Waals surface area contributed by atoms with Crippen LogP contribution in [0.5, 0.6) is 5.88 Å². The number of carbonyl (C=O) groups excluding carboxylic acids is 1. The van der Waals surface area contributed by atoms with E-state index in [1.807, 2.05) is 24.3 Å². The van der Waals surface area contributed by atoms with Crippen LogP contribution in [0.25, 0.3) is 21.6 Å². The molecule has 94 valence electrons. The van der Waals surface area contributed by atoms with Crippen LogP contribution < -0.4 is 10.7 Å². The zero-order valence-corrected chi connectivity index (χ0v) is 10.6. The molecule has 0 bridgehead atoms. The minimum Gasteiger partial charge on any atom is -0.389 e. The summed E-state index contributed by atoms with van der Waals surface area (Å²) in [5.41, 5.74) is 2.00. The molecule has 19 heavy (non-hydrogen) atoms. The lowest BCUT2D eigenvalue weighted by molar-refractivity contribution is 0.112. The summed E-state index contributed by atoms with van der Waals surface area (Å²) >= 11 is 1.32. The predicted molar refractivity (Wildman–Crippen MR) is 73.1 cm³/mol. The lowest BCUT2D eigenvalue weighted by Gasteiger charge is -2.05. The number of nitrogens with zero attached hydrogens (tertiary/aromatic N) is 2. The molecular formula is C13H9N3O2S. The fourth-order valence-electron chi connectivity index (χ4n) is 1.77. The van der Waals surface area contributed by atoms with Crippen molar-refractivity contribution < 1.29 is 9.63 Å². The van der Waals surface area contributed by atoms with Gasteiger partial charge >= 0.3 is 0 Å². The zero-order chi connectivity index (χ0) is 13.2. The van der Waals surface area contributed by atoms with Crippen LogP contribution in [0, 0.1) is 0 Å². The Morgan fingerprint density at radius 1 is 1.11 bits per heavy atom. The SMILES string of the molecule is NOc1nc2ccccc2nc1-c1ccc(C=O)s1. The molecule has 0 spiro atoms. The van der Waals surface area contributed by atoms with Gasteiger partial charge in [-0.05, 0) is 24.3 Å². The molecule has 0 unspecified atom stereocenters. The van der Waals surface area contributed by atoms with Crippen molar-refractivity contribution in [2.45, 2.75) is 0 Å². The number of carbonyl (C=O) groups is 1. The molecule has 3 aromatic rings. The van der Waals surface area contributed by atoms with E-state index >= 15 is 0 Å². The monoisotopic (exact) mass is 271 g/mol. The summed E-state index contributed by atoms with van der Waals surface area (Å²) in [6, 6.07) is 11.0.